The summed E-state index contributed by atoms with van der Waals surface area (Å²) in [4.78, 5) is 29.6. The zero-order valence-electron chi connectivity index (χ0n) is 18.8. The van der Waals surface area contributed by atoms with Crippen LogP contribution >= 0.6 is 22.9 Å². The molecule has 0 spiro atoms. The number of carbonyl (C=O) groups excluding carboxylic acids is 2. The predicted molar refractivity (Wildman–Crippen MR) is 131 cm³/mol. The molecular formula is C25H25ClFN3O4S. The van der Waals surface area contributed by atoms with Gasteiger partial charge in [0.1, 0.15) is 23.1 Å². The molecule has 2 N–H and O–H groups in total. The first-order valence-corrected chi connectivity index (χ1v) is 12.5. The van der Waals surface area contributed by atoms with Gasteiger partial charge in [0.05, 0.1) is 0 Å². The van der Waals surface area contributed by atoms with Crippen LogP contribution in [0.1, 0.15) is 41.2 Å². The Morgan fingerprint density at radius 1 is 1.03 bits per heavy atom. The highest BCUT2D eigenvalue weighted by molar-refractivity contribution is 7.09. The Hall–Kier alpha value is -3.17. The molecule has 1 aliphatic rings. The van der Waals surface area contributed by atoms with E-state index in [9.17, 15) is 14.0 Å². The van der Waals surface area contributed by atoms with E-state index in [2.05, 4.69) is 15.6 Å². The number of carbonyl (C=O) groups is 2. The number of amides is 2. The Morgan fingerprint density at radius 3 is 2.49 bits per heavy atom. The lowest BCUT2D eigenvalue weighted by molar-refractivity contribution is -0.124. The maximum absolute atomic E-state index is 13.7. The fourth-order valence-corrected chi connectivity index (χ4v) is 4.64. The molecular weight excluding hydrogens is 493 g/mol. The van der Waals surface area contributed by atoms with E-state index < -0.39 is 5.82 Å². The summed E-state index contributed by atoms with van der Waals surface area (Å²) in [7, 11) is 0. The molecule has 184 valence electrons. The number of para-hydroxylation sites is 1. The molecule has 1 aromatic heterocycles. The lowest BCUT2D eigenvalue weighted by Crippen LogP contribution is -2.54. The van der Waals surface area contributed by atoms with E-state index in [0.29, 0.717) is 15.8 Å². The van der Waals surface area contributed by atoms with Crippen molar-refractivity contribution in [2.75, 3.05) is 6.61 Å². The molecule has 0 radical (unpaired) electrons. The monoisotopic (exact) mass is 517 g/mol. The minimum absolute atomic E-state index is 0.0641. The fraction of sp³-hybridized carbons (Fsp3) is 0.320. The predicted octanol–water partition coefficient (Wildman–Crippen LogP) is 4.75. The highest BCUT2D eigenvalue weighted by atomic mass is 35.5. The summed E-state index contributed by atoms with van der Waals surface area (Å²) in [6, 6.07) is 12.5. The van der Waals surface area contributed by atoms with Gasteiger partial charge in [-0.15, -0.1) is 11.3 Å². The first-order valence-electron chi connectivity index (χ1n) is 11.3. The molecule has 0 saturated heterocycles. The van der Waals surface area contributed by atoms with Gasteiger partial charge in [0.15, 0.2) is 18.2 Å². The van der Waals surface area contributed by atoms with Gasteiger partial charge in [-0.3, -0.25) is 9.59 Å². The first-order chi connectivity index (χ1) is 17.0. The van der Waals surface area contributed by atoms with E-state index in [1.165, 1.54) is 23.5 Å². The van der Waals surface area contributed by atoms with Crippen molar-refractivity contribution in [3.63, 3.8) is 0 Å². The second kappa shape index (κ2) is 12.0. The van der Waals surface area contributed by atoms with Crippen LogP contribution in [-0.2, 0) is 11.4 Å². The number of nitrogens with one attached hydrogen (secondary N) is 2. The van der Waals surface area contributed by atoms with Gasteiger partial charge in [-0.2, -0.15) is 0 Å². The third kappa shape index (κ3) is 7.16. The normalized spacial score (nSPS) is 17.4. The van der Waals surface area contributed by atoms with Crippen LogP contribution in [-0.4, -0.2) is 35.5 Å². The molecule has 1 saturated carbocycles. The zero-order valence-corrected chi connectivity index (χ0v) is 20.4. The van der Waals surface area contributed by atoms with E-state index >= 15 is 0 Å². The lowest BCUT2D eigenvalue weighted by Gasteiger charge is -2.32. The van der Waals surface area contributed by atoms with Crippen molar-refractivity contribution in [1.29, 1.82) is 0 Å². The average Bonchev–Trinajstić information content (AvgIpc) is 3.34. The molecule has 2 atom stereocenters. The second-order valence-corrected chi connectivity index (χ2v) is 9.51. The summed E-state index contributed by atoms with van der Waals surface area (Å²) in [5, 5.41) is 8.78. The molecule has 35 heavy (non-hydrogen) atoms. The van der Waals surface area contributed by atoms with Crippen LogP contribution in [0.15, 0.2) is 53.9 Å². The summed E-state index contributed by atoms with van der Waals surface area (Å²) < 4.78 is 24.7. The first kappa shape index (κ1) is 24.9. The van der Waals surface area contributed by atoms with Crippen molar-refractivity contribution in [2.24, 2.45) is 0 Å². The maximum Gasteiger partial charge on any atom is 0.271 e. The Bertz CT molecular complexity index is 1160. The third-order valence-corrected chi connectivity index (χ3v) is 6.66. The molecule has 1 fully saturated rings. The number of rotatable bonds is 9. The lowest BCUT2D eigenvalue weighted by atomic mass is 9.90. The maximum atomic E-state index is 13.7. The van der Waals surface area contributed by atoms with Gasteiger partial charge in [-0.05, 0) is 49.2 Å². The molecule has 10 heteroatoms. The number of nitrogens with zero attached hydrogens (tertiary/aromatic N) is 1. The standard InChI is InChI=1S/C25H25ClFN3O4S/c26-16-9-11-17(12-10-16)33-13-23(31)28-19-6-2-3-7-20(19)30-25(32)21-15-35-24(29-21)14-34-22-8-4-1-5-18(22)27/h1,4-5,8-12,15,19-20H,2-3,6-7,13-14H2,(H,28,31)(H,30,32)/t19-,20-/m1/s1. The van der Waals surface area contributed by atoms with Crippen LogP contribution < -0.4 is 20.1 Å². The van der Waals surface area contributed by atoms with Crippen molar-refractivity contribution < 1.29 is 23.5 Å². The molecule has 2 aromatic carbocycles. The average molecular weight is 518 g/mol. The van der Waals surface area contributed by atoms with E-state index in [0.717, 1.165) is 25.7 Å². The van der Waals surface area contributed by atoms with E-state index in [4.69, 9.17) is 21.1 Å². The number of hydrogen-bond acceptors (Lipinski definition) is 6. The minimum atomic E-state index is -0.453. The molecule has 7 nitrogen and oxygen atoms in total. The largest absolute Gasteiger partial charge is 0.484 e. The molecule has 3 aromatic rings. The number of thiazole rings is 1. The Morgan fingerprint density at radius 2 is 1.74 bits per heavy atom. The Labute approximate surface area is 211 Å². The van der Waals surface area contributed by atoms with Gasteiger partial charge in [0.25, 0.3) is 11.8 Å². The van der Waals surface area contributed by atoms with Crippen LogP contribution in [0, 0.1) is 5.82 Å². The van der Waals surface area contributed by atoms with Crippen LogP contribution in [0.4, 0.5) is 4.39 Å². The van der Waals surface area contributed by atoms with Crippen molar-refractivity contribution in [3.8, 4) is 11.5 Å². The number of benzene rings is 2. The van der Waals surface area contributed by atoms with Crippen molar-refractivity contribution in [1.82, 2.24) is 15.6 Å². The number of hydrogen-bond donors (Lipinski definition) is 2. The SMILES string of the molecule is O=C(COc1ccc(Cl)cc1)N[C@@H]1CCCC[C@H]1NC(=O)c1csc(COc2ccccc2F)n1. The number of halogens is 2. The topological polar surface area (TPSA) is 89.6 Å². The highest BCUT2D eigenvalue weighted by Gasteiger charge is 2.28. The van der Waals surface area contributed by atoms with Gasteiger partial charge in [0.2, 0.25) is 0 Å². The molecule has 4 rings (SSSR count). The molecule has 0 bridgehead atoms. The fourth-order valence-electron chi connectivity index (χ4n) is 3.83. The summed E-state index contributed by atoms with van der Waals surface area (Å²) in [6.45, 7) is -0.0646. The Balaban J connectivity index is 1.28. The Kier molecular flexibility index (Phi) is 8.54. The summed E-state index contributed by atoms with van der Waals surface area (Å²) in [5.41, 5.74) is 0.267. The summed E-state index contributed by atoms with van der Waals surface area (Å²) in [5.74, 6) is -0.342. The smallest absolute Gasteiger partial charge is 0.271 e. The zero-order chi connectivity index (χ0) is 24.6. The van der Waals surface area contributed by atoms with Gasteiger partial charge in [-0.1, -0.05) is 36.6 Å². The van der Waals surface area contributed by atoms with Crippen molar-refractivity contribution in [3.05, 3.63) is 75.5 Å². The quantitative estimate of drug-likeness (QED) is 0.427. The minimum Gasteiger partial charge on any atom is -0.484 e. The van der Waals surface area contributed by atoms with Gasteiger partial charge < -0.3 is 20.1 Å². The summed E-state index contributed by atoms with van der Waals surface area (Å²) in [6.07, 6.45) is 3.43. The van der Waals surface area contributed by atoms with Gasteiger partial charge in [0, 0.05) is 22.5 Å². The number of aromatic nitrogens is 1. The van der Waals surface area contributed by atoms with E-state index in [-0.39, 0.29) is 48.6 Å². The molecule has 1 heterocycles. The van der Waals surface area contributed by atoms with Gasteiger partial charge in [-0.25, -0.2) is 9.37 Å². The molecule has 1 aliphatic carbocycles. The van der Waals surface area contributed by atoms with Crippen LogP contribution in [0.5, 0.6) is 11.5 Å². The van der Waals surface area contributed by atoms with E-state index in [1.54, 1.807) is 41.8 Å². The molecule has 2 amide bonds. The van der Waals surface area contributed by atoms with Crippen LogP contribution in [0.3, 0.4) is 0 Å². The van der Waals surface area contributed by atoms with Crippen molar-refractivity contribution >= 4 is 34.8 Å². The molecule has 0 aliphatic heterocycles. The van der Waals surface area contributed by atoms with Crippen molar-refractivity contribution in [2.45, 2.75) is 44.4 Å². The van der Waals surface area contributed by atoms with Crippen LogP contribution in [0.25, 0.3) is 0 Å². The molecule has 0 unspecified atom stereocenters. The summed E-state index contributed by atoms with van der Waals surface area (Å²) >= 11 is 7.13. The highest BCUT2D eigenvalue weighted by Crippen LogP contribution is 2.21. The van der Waals surface area contributed by atoms with Crippen LogP contribution in [0.2, 0.25) is 5.02 Å². The van der Waals surface area contributed by atoms with E-state index in [1.807, 2.05) is 0 Å². The third-order valence-electron chi connectivity index (χ3n) is 5.58. The second-order valence-electron chi connectivity index (χ2n) is 8.13. The van der Waals surface area contributed by atoms with Gasteiger partial charge >= 0.3 is 0 Å². The number of ether oxygens (including phenoxy) is 2.